The summed E-state index contributed by atoms with van der Waals surface area (Å²) in [6.07, 6.45) is 1.04. The first kappa shape index (κ1) is 15.8. The van der Waals surface area contributed by atoms with Gasteiger partial charge in [-0.05, 0) is 6.42 Å². The van der Waals surface area contributed by atoms with Crippen LogP contribution in [-0.2, 0) is 0 Å². The minimum absolute atomic E-state index is 0.113. The van der Waals surface area contributed by atoms with Crippen LogP contribution in [0, 0.1) is 0 Å². The van der Waals surface area contributed by atoms with E-state index in [9.17, 15) is 5.11 Å². The quantitative estimate of drug-likeness (QED) is 0.606. The highest BCUT2D eigenvalue weighted by molar-refractivity contribution is 7.99. The molecule has 1 aromatic heterocycles. The number of nitrogens with zero attached hydrogens (tertiary/aromatic N) is 2. The van der Waals surface area contributed by atoms with E-state index in [1.807, 2.05) is 43.3 Å². The maximum atomic E-state index is 9.21. The number of benzene rings is 1. The van der Waals surface area contributed by atoms with E-state index in [2.05, 4.69) is 22.2 Å². The number of aromatic nitrogens is 2. The minimum Gasteiger partial charge on any atom is -0.395 e. The van der Waals surface area contributed by atoms with Gasteiger partial charge in [0, 0.05) is 23.4 Å². The van der Waals surface area contributed by atoms with Crippen molar-refractivity contribution >= 4 is 17.6 Å². The van der Waals surface area contributed by atoms with E-state index in [0.29, 0.717) is 5.82 Å². The average Bonchev–Trinajstić information content (AvgIpc) is 2.53. The number of hydrogen-bond acceptors (Lipinski definition) is 5. The fraction of sp³-hybridized carbons (Fsp3) is 0.375. The molecule has 0 fully saturated rings. The van der Waals surface area contributed by atoms with Gasteiger partial charge in [-0.15, -0.1) is 11.8 Å². The first-order chi connectivity index (χ1) is 10.2. The Labute approximate surface area is 130 Å². The molecule has 4 nitrogen and oxygen atoms in total. The Bertz CT molecular complexity index is 563. The number of nitrogens with one attached hydrogen (secondary N) is 1. The number of anilines is 1. The van der Waals surface area contributed by atoms with Crippen molar-refractivity contribution in [3.8, 4) is 11.4 Å². The number of hydrogen-bond donors (Lipinski definition) is 2. The maximum absolute atomic E-state index is 9.21. The normalized spacial score (nSPS) is 12.1. The lowest BCUT2D eigenvalue weighted by Crippen LogP contribution is -2.06. The smallest absolute Gasteiger partial charge is 0.162 e. The summed E-state index contributed by atoms with van der Waals surface area (Å²) in [6.45, 7) is 5.11. The summed E-state index contributed by atoms with van der Waals surface area (Å²) in [7, 11) is 0. The van der Waals surface area contributed by atoms with Gasteiger partial charge in [0.05, 0.1) is 6.61 Å². The summed E-state index contributed by atoms with van der Waals surface area (Å²) in [5.74, 6) is 1.54. The van der Waals surface area contributed by atoms with Crippen molar-refractivity contribution in [2.45, 2.75) is 30.5 Å². The molecule has 2 N–H and O–H groups in total. The second kappa shape index (κ2) is 8.00. The SMILES string of the molecule is CCCNc1cc(SC(C)CO)nc(-c2ccccc2)n1. The first-order valence-electron chi connectivity index (χ1n) is 7.18. The zero-order valence-electron chi connectivity index (χ0n) is 12.4. The topological polar surface area (TPSA) is 58.0 Å². The molecule has 1 unspecified atom stereocenters. The molecular formula is C16H21N3OS. The molecule has 0 saturated carbocycles. The summed E-state index contributed by atoms with van der Waals surface area (Å²) in [6, 6.07) is 11.9. The van der Waals surface area contributed by atoms with Gasteiger partial charge in [0.25, 0.3) is 0 Å². The molecule has 0 saturated heterocycles. The van der Waals surface area contributed by atoms with Gasteiger partial charge in [-0.25, -0.2) is 9.97 Å². The second-order valence-electron chi connectivity index (χ2n) is 4.82. The first-order valence-corrected chi connectivity index (χ1v) is 8.06. The third-order valence-electron chi connectivity index (χ3n) is 2.87. The van der Waals surface area contributed by atoms with E-state index >= 15 is 0 Å². The third-order valence-corrected chi connectivity index (χ3v) is 3.87. The number of aliphatic hydroxyl groups excluding tert-OH is 1. The standard InChI is InChI=1S/C16H21N3OS/c1-3-9-17-14-10-15(21-12(2)11-20)19-16(18-14)13-7-5-4-6-8-13/h4-8,10,12,20H,3,9,11H2,1-2H3,(H,17,18,19). The van der Waals surface area contributed by atoms with E-state index in [-0.39, 0.29) is 11.9 Å². The molecule has 2 rings (SSSR count). The van der Waals surface area contributed by atoms with Crippen LogP contribution in [0.15, 0.2) is 41.4 Å². The zero-order valence-corrected chi connectivity index (χ0v) is 13.2. The van der Waals surface area contributed by atoms with Crippen molar-refractivity contribution in [2.24, 2.45) is 0 Å². The largest absolute Gasteiger partial charge is 0.395 e. The number of aliphatic hydroxyl groups is 1. The lowest BCUT2D eigenvalue weighted by atomic mass is 10.2. The molecule has 0 aliphatic heterocycles. The molecule has 1 heterocycles. The molecule has 0 spiro atoms. The van der Waals surface area contributed by atoms with Crippen LogP contribution >= 0.6 is 11.8 Å². The van der Waals surface area contributed by atoms with Gasteiger partial charge in [-0.2, -0.15) is 0 Å². The number of thioether (sulfide) groups is 1. The fourth-order valence-electron chi connectivity index (χ4n) is 1.79. The second-order valence-corrected chi connectivity index (χ2v) is 6.28. The predicted molar refractivity (Wildman–Crippen MR) is 88.7 cm³/mol. The third kappa shape index (κ3) is 4.72. The van der Waals surface area contributed by atoms with Crippen molar-refractivity contribution in [3.05, 3.63) is 36.4 Å². The van der Waals surface area contributed by atoms with Gasteiger partial charge in [0.15, 0.2) is 5.82 Å². The molecule has 0 radical (unpaired) electrons. The van der Waals surface area contributed by atoms with Crippen molar-refractivity contribution in [2.75, 3.05) is 18.5 Å². The van der Waals surface area contributed by atoms with Crippen LogP contribution in [-0.4, -0.2) is 33.5 Å². The fourth-order valence-corrected chi connectivity index (χ4v) is 2.59. The Kier molecular flexibility index (Phi) is 6.02. The molecule has 0 amide bonds. The van der Waals surface area contributed by atoms with Crippen LogP contribution < -0.4 is 5.32 Å². The number of rotatable bonds is 7. The van der Waals surface area contributed by atoms with Gasteiger partial charge in [-0.3, -0.25) is 0 Å². The van der Waals surface area contributed by atoms with Crippen LogP contribution in [0.1, 0.15) is 20.3 Å². The summed E-state index contributed by atoms with van der Waals surface area (Å²) in [5.41, 5.74) is 0.996. The Morgan fingerprint density at radius 1 is 1.24 bits per heavy atom. The van der Waals surface area contributed by atoms with E-state index in [4.69, 9.17) is 0 Å². The monoisotopic (exact) mass is 303 g/mol. The summed E-state index contributed by atoms with van der Waals surface area (Å²) < 4.78 is 0. The van der Waals surface area contributed by atoms with Gasteiger partial charge < -0.3 is 10.4 Å². The molecule has 1 atom stereocenters. The highest BCUT2D eigenvalue weighted by Crippen LogP contribution is 2.26. The molecule has 5 heteroatoms. The van der Waals surface area contributed by atoms with Crippen molar-refractivity contribution in [1.29, 1.82) is 0 Å². The van der Waals surface area contributed by atoms with Gasteiger partial charge in [-0.1, -0.05) is 44.2 Å². The Morgan fingerprint density at radius 2 is 2.00 bits per heavy atom. The summed E-state index contributed by atoms with van der Waals surface area (Å²) in [4.78, 5) is 9.18. The molecule has 1 aromatic carbocycles. The van der Waals surface area contributed by atoms with Crippen LogP contribution in [0.2, 0.25) is 0 Å². The van der Waals surface area contributed by atoms with Crippen LogP contribution in [0.3, 0.4) is 0 Å². The molecule has 0 bridgehead atoms. The molecule has 0 aliphatic carbocycles. The molecule has 2 aromatic rings. The lowest BCUT2D eigenvalue weighted by Gasteiger charge is -2.11. The highest BCUT2D eigenvalue weighted by atomic mass is 32.2. The summed E-state index contributed by atoms with van der Waals surface area (Å²) >= 11 is 1.56. The lowest BCUT2D eigenvalue weighted by molar-refractivity contribution is 0.300. The van der Waals surface area contributed by atoms with E-state index in [1.165, 1.54) is 0 Å². The molecule has 112 valence electrons. The highest BCUT2D eigenvalue weighted by Gasteiger charge is 2.10. The Balaban J connectivity index is 2.32. The van der Waals surface area contributed by atoms with E-state index < -0.39 is 0 Å². The van der Waals surface area contributed by atoms with E-state index in [1.54, 1.807) is 11.8 Å². The van der Waals surface area contributed by atoms with Crippen molar-refractivity contribution in [1.82, 2.24) is 9.97 Å². The predicted octanol–water partition coefficient (Wildman–Crippen LogP) is 3.44. The Morgan fingerprint density at radius 3 is 2.67 bits per heavy atom. The van der Waals surface area contributed by atoms with Crippen LogP contribution in [0.25, 0.3) is 11.4 Å². The Hall–Kier alpha value is -1.59. The van der Waals surface area contributed by atoms with Gasteiger partial charge >= 0.3 is 0 Å². The van der Waals surface area contributed by atoms with Gasteiger partial charge in [0.2, 0.25) is 0 Å². The summed E-state index contributed by atoms with van der Waals surface area (Å²) in [5, 5.41) is 13.5. The molecular weight excluding hydrogens is 282 g/mol. The maximum Gasteiger partial charge on any atom is 0.162 e. The zero-order chi connectivity index (χ0) is 15.1. The van der Waals surface area contributed by atoms with Crippen LogP contribution in [0.5, 0.6) is 0 Å². The van der Waals surface area contributed by atoms with E-state index in [0.717, 1.165) is 29.4 Å². The van der Waals surface area contributed by atoms with Crippen molar-refractivity contribution < 1.29 is 5.11 Å². The van der Waals surface area contributed by atoms with Crippen molar-refractivity contribution in [3.63, 3.8) is 0 Å². The molecule has 0 aliphatic rings. The van der Waals surface area contributed by atoms with Crippen LogP contribution in [0.4, 0.5) is 5.82 Å². The average molecular weight is 303 g/mol. The molecule has 21 heavy (non-hydrogen) atoms. The van der Waals surface area contributed by atoms with Gasteiger partial charge in [0.1, 0.15) is 10.8 Å². The minimum atomic E-state index is 0.113.